The molecular formula is C45H46N4O9. The van der Waals surface area contributed by atoms with E-state index in [9.17, 15) is 24.3 Å². The predicted molar refractivity (Wildman–Crippen MR) is 213 cm³/mol. The predicted octanol–water partition coefficient (Wildman–Crippen LogP) is 4.93. The number of amides is 4. The first-order valence-corrected chi connectivity index (χ1v) is 19.2. The molecule has 1 spiro atoms. The zero-order valence-electron chi connectivity index (χ0n) is 32.4. The van der Waals surface area contributed by atoms with Crippen LogP contribution in [0, 0.1) is 11.8 Å². The standard InChI is InChI=1S/C45H46N4O9/c1-5-24-46-40(51)34-37-42(53)58-38(29-16-10-7-11-17-29)36(28-14-8-6-9-15-28)49(37)39(30-20-22-31(23-21-30)57-26-25-50)45(34)32-18-12-13-19-33(32)48(43(45)54)44(55)47-35(27(2)3)41(52)56-4/h5-23,27,34-39,50H,1,24-26H2,2-4H3,(H,46,51)(H,47,55). The van der Waals surface area contributed by atoms with Crippen LogP contribution in [-0.4, -0.2) is 78.7 Å². The van der Waals surface area contributed by atoms with Gasteiger partial charge in [0.05, 0.1) is 37.4 Å². The second-order valence-electron chi connectivity index (χ2n) is 14.8. The Labute approximate surface area is 336 Å². The summed E-state index contributed by atoms with van der Waals surface area (Å²) >= 11 is 0. The van der Waals surface area contributed by atoms with Gasteiger partial charge in [-0.05, 0) is 46.4 Å². The first kappa shape index (κ1) is 39.9. The number of urea groups is 1. The number of morpholine rings is 1. The lowest BCUT2D eigenvalue weighted by molar-refractivity contribution is -0.178. The van der Waals surface area contributed by atoms with Gasteiger partial charge in [0.1, 0.15) is 36.0 Å². The molecule has 2 fully saturated rings. The molecule has 3 aliphatic rings. The molecule has 0 radical (unpaired) electrons. The van der Waals surface area contributed by atoms with Crippen LogP contribution in [0.4, 0.5) is 10.5 Å². The summed E-state index contributed by atoms with van der Waals surface area (Å²) in [7, 11) is 1.21. The van der Waals surface area contributed by atoms with Gasteiger partial charge in [-0.1, -0.05) is 111 Å². The zero-order chi connectivity index (χ0) is 41.1. The van der Waals surface area contributed by atoms with Crippen molar-refractivity contribution in [3.63, 3.8) is 0 Å². The third kappa shape index (κ3) is 6.69. The van der Waals surface area contributed by atoms with Crippen molar-refractivity contribution < 1.29 is 43.3 Å². The van der Waals surface area contributed by atoms with Crippen molar-refractivity contribution in [1.82, 2.24) is 15.5 Å². The fourth-order valence-electron chi connectivity index (χ4n) is 8.88. The van der Waals surface area contributed by atoms with E-state index in [2.05, 4.69) is 17.2 Å². The molecule has 3 heterocycles. The van der Waals surface area contributed by atoms with Crippen LogP contribution in [0.25, 0.3) is 0 Å². The average molecular weight is 787 g/mol. The summed E-state index contributed by atoms with van der Waals surface area (Å²) < 4.78 is 17.1. The van der Waals surface area contributed by atoms with Crippen LogP contribution in [0.1, 0.15) is 54.3 Å². The Balaban J connectivity index is 1.53. The van der Waals surface area contributed by atoms with E-state index in [1.165, 1.54) is 13.2 Å². The number of aliphatic hydroxyl groups is 1. The Morgan fingerprint density at radius 3 is 2.14 bits per heavy atom. The van der Waals surface area contributed by atoms with Crippen molar-refractivity contribution in [2.45, 2.75) is 49.5 Å². The lowest BCUT2D eigenvalue weighted by atomic mass is 9.65. The normalized spacial score (nSPS) is 24.1. The molecule has 4 amide bonds. The highest BCUT2D eigenvalue weighted by Crippen LogP contribution is 2.65. The molecule has 7 unspecified atom stereocenters. The van der Waals surface area contributed by atoms with E-state index < -0.39 is 77.3 Å². The minimum Gasteiger partial charge on any atom is -0.491 e. The van der Waals surface area contributed by atoms with Gasteiger partial charge < -0.3 is 30.0 Å². The number of carbonyl (C=O) groups is 5. The largest absolute Gasteiger partial charge is 0.491 e. The van der Waals surface area contributed by atoms with E-state index in [0.29, 0.717) is 22.4 Å². The van der Waals surface area contributed by atoms with Crippen LogP contribution in [-0.2, 0) is 34.1 Å². The maximum absolute atomic E-state index is 16.0. The van der Waals surface area contributed by atoms with Crippen LogP contribution in [0.3, 0.4) is 0 Å². The van der Waals surface area contributed by atoms with E-state index in [-0.39, 0.29) is 25.4 Å². The maximum atomic E-state index is 16.0. The number of carbonyl (C=O) groups excluding carboxylic acids is 5. The highest BCUT2D eigenvalue weighted by atomic mass is 16.6. The fourth-order valence-corrected chi connectivity index (χ4v) is 8.88. The molecular weight excluding hydrogens is 741 g/mol. The van der Waals surface area contributed by atoms with E-state index >= 15 is 4.79 Å². The van der Waals surface area contributed by atoms with Gasteiger partial charge in [0.15, 0.2) is 0 Å². The Hall–Kier alpha value is -6.31. The Morgan fingerprint density at radius 1 is 0.879 bits per heavy atom. The number of hydrogen-bond acceptors (Lipinski definition) is 10. The van der Waals surface area contributed by atoms with Gasteiger partial charge in [0.25, 0.3) is 0 Å². The molecule has 0 saturated carbocycles. The SMILES string of the molecule is C=CCNC(=O)C1C2C(=O)OC(c3ccccc3)C(c3ccccc3)N2C(c2ccc(OCCO)cc2)C12C(=O)N(C(=O)NC(C(=O)OC)C(C)C)c1ccccc12. The van der Waals surface area contributed by atoms with Crippen molar-refractivity contribution in [2.24, 2.45) is 11.8 Å². The summed E-state index contributed by atoms with van der Waals surface area (Å²) in [5, 5.41) is 15.0. The van der Waals surface area contributed by atoms with E-state index in [1.807, 2.05) is 65.6 Å². The quantitative estimate of drug-likeness (QED) is 0.133. The molecule has 0 aliphatic carbocycles. The number of anilines is 1. The van der Waals surface area contributed by atoms with Crippen LogP contribution in [0.2, 0.25) is 0 Å². The number of rotatable bonds is 12. The second-order valence-corrected chi connectivity index (χ2v) is 14.8. The number of ether oxygens (including phenoxy) is 3. The maximum Gasteiger partial charge on any atom is 0.329 e. The molecule has 0 aromatic heterocycles. The molecule has 300 valence electrons. The van der Waals surface area contributed by atoms with Crippen LogP contribution < -0.4 is 20.3 Å². The van der Waals surface area contributed by atoms with Gasteiger partial charge in [0, 0.05) is 6.54 Å². The van der Waals surface area contributed by atoms with Crippen molar-refractivity contribution >= 4 is 35.5 Å². The molecule has 4 aromatic rings. The van der Waals surface area contributed by atoms with Crippen molar-refractivity contribution in [3.05, 3.63) is 144 Å². The molecule has 7 rings (SSSR count). The third-order valence-electron chi connectivity index (χ3n) is 11.2. The van der Waals surface area contributed by atoms with Crippen molar-refractivity contribution in [2.75, 3.05) is 31.8 Å². The topological polar surface area (TPSA) is 164 Å². The highest BCUT2D eigenvalue weighted by molar-refractivity contribution is 6.25. The lowest BCUT2D eigenvalue weighted by Crippen LogP contribution is -2.57. The highest BCUT2D eigenvalue weighted by Gasteiger charge is 2.75. The zero-order valence-corrected chi connectivity index (χ0v) is 32.4. The molecule has 0 bridgehead atoms. The van der Waals surface area contributed by atoms with E-state index in [1.54, 1.807) is 62.4 Å². The first-order chi connectivity index (χ1) is 28.1. The lowest BCUT2D eigenvalue weighted by Gasteiger charge is -2.46. The van der Waals surface area contributed by atoms with Crippen LogP contribution >= 0.6 is 0 Å². The molecule has 13 heteroatoms. The Morgan fingerprint density at radius 2 is 1.52 bits per heavy atom. The molecule has 2 saturated heterocycles. The number of aliphatic hydroxyl groups excluding tert-OH is 1. The summed E-state index contributed by atoms with van der Waals surface area (Å²) in [5.41, 5.74) is 0.593. The van der Waals surface area contributed by atoms with Gasteiger partial charge in [0.2, 0.25) is 11.8 Å². The molecule has 58 heavy (non-hydrogen) atoms. The average Bonchev–Trinajstić information content (AvgIpc) is 3.70. The van der Waals surface area contributed by atoms with E-state index in [0.717, 1.165) is 10.5 Å². The number of nitrogens with one attached hydrogen (secondary N) is 2. The number of benzene rings is 4. The Bertz CT molecular complexity index is 2180. The van der Waals surface area contributed by atoms with Gasteiger partial charge in [-0.15, -0.1) is 6.58 Å². The number of para-hydroxylation sites is 1. The molecule has 13 nitrogen and oxygen atoms in total. The Kier molecular flexibility index (Phi) is 11.5. The van der Waals surface area contributed by atoms with Gasteiger partial charge in [-0.3, -0.25) is 19.3 Å². The summed E-state index contributed by atoms with van der Waals surface area (Å²) in [6, 6.07) is 27.2. The second kappa shape index (κ2) is 16.7. The fraction of sp³-hybridized carbons (Fsp3) is 0.311. The van der Waals surface area contributed by atoms with E-state index in [4.69, 9.17) is 14.2 Å². The van der Waals surface area contributed by atoms with Crippen LogP contribution in [0.15, 0.2) is 122 Å². The number of methoxy groups -OCH3 is 1. The molecule has 7 atom stereocenters. The smallest absolute Gasteiger partial charge is 0.329 e. The van der Waals surface area contributed by atoms with Gasteiger partial charge in [-0.2, -0.15) is 0 Å². The van der Waals surface area contributed by atoms with Gasteiger partial charge in [-0.25, -0.2) is 14.5 Å². The minimum atomic E-state index is -1.94. The number of esters is 2. The molecule has 4 aromatic carbocycles. The minimum absolute atomic E-state index is 0.0265. The van der Waals surface area contributed by atoms with Gasteiger partial charge >= 0.3 is 18.0 Å². The summed E-state index contributed by atoms with van der Waals surface area (Å²) in [6.45, 7) is 7.11. The molecule has 3 aliphatic heterocycles. The van der Waals surface area contributed by atoms with Crippen LogP contribution in [0.5, 0.6) is 5.75 Å². The summed E-state index contributed by atoms with van der Waals surface area (Å²) in [5.74, 6) is -4.22. The summed E-state index contributed by atoms with van der Waals surface area (Å²) in [6.07, 6.45) is 0.618. The third-order valence-corrected chi connectivity index (χ3v) is 11.2. The number of cyclic esters (lactones) is 1. The molecule has 3 N–H and O–H groups in total. The monoisotopic (exact) mass is 786 g/mol. The first-order valence-electron chi connectivity index (χ1n) is 19.2. The van der Waals surface area contributed by atoms with Crippen molar-refractivity contribution in [1.29, 1.82) is 0 Å². The number of hydrogen-bond donors (Lipinski definition) is 3. The summed E-state index contributed by atoms with van der Waals surface area (Å²) in [4.78, 5) is 76.2. The van der Waals surface area contributed by atoms with Crippen molar-refractivity contribution in [3.8, 4) is 5.75 Å². The number of fused-ring (bicyclic) bond motifs is 3. The number of imide groups is 1. The number of nitrogens with zero attached hydrogens (tertiary/aromatic N) is 2.